The van der Waals surface area contributed by atoms with Crippen LogP contribution in [0, 0.1) is 0 Å². The zero-order chi connectivity index (χ0) is 13.2. The van der Waals surface area contributed by atoms with Crippen molar-refractivity contribution in [3.8, 4) is 0 Å². The molecule has 102 valence electrons. The molecule has 2 aliphatic rings. The summed E-state index contributed by atoms with van der Waals surface area (Å²) < 4.78 is 0. The topological polar surface area (TPSA) is 80.0 Å². The normalized spacial score (nSPS) is 21.4. The van der Waals surface area contributed by atoms with E-state index >= 15 is 0 Å². The van der Waals surface area contributed by atoms with E-state index < -0.39 is 5.91 Å². The van der Waals surface area contributed by atoms with Crippen LogP contribution in [0.3, 0.4) is 0 Å². The highest BCUT2D eigenvalue weighted by atomic mass is 16.1. The number of nitrogens with two attached hydrogens (primary N) is 1. The first kappa shape index (κ1) is 12.4. The Labute approximate surface area is 113 Å². The minimum Gasteiger partial charge on any atom is -0.368 e. The Kier molecular flexibility index (Phi) is 3.38. The van der Waals surface area contributed by atoms with Crippen molar-refractivity contribution >= 4 is 11.7 Å². The number of nitrogens with zero attached hydrogens (tertiary/aromatic N) is 1. The third kappa shape index (κ3) is 2.56. The summed E-state index contributed by atoms with van der Waals surface area (Å²) in [5, 5.41) is 6.71. The molecule has 1 unspecified atom stereocenters. The summed E-state index contributed by atoms with van der Waals surface area (Å²) in [6.45, 7) is 1.87. The highest BCUT2D eigenvalue weighted by Crippen LogP contribution is 2.25. The minimum atomic E-state index is -0.399. The van der Waals surface area contributed by atoms with Gasteiger partial charge in [0, 0.05) is 18.3 Å². The maximum atomic E-state index is 11.5. The molecule has 1 aromatic rings. The fourth-order valence-electron chi connectivity index (χ4n) is 2.95. The third-order valence-corrected chi connectivity index (χ3v) is 3.99. The number of carbonyl (C=O) groups excluding carboxylic acids is 1. The molecule has 1 aliphatic heterocycles. The van der Waals surface area contributed by atoms with Crippen molar-refractivity contribution in [2.75, 3.05) is 18.4 Å². The Morgan fingerprint density at radius 2 is 2.37 bits per heavy atom. The Balaban J connectivity index is 1.80. The maximum absolute atomic E-state index is 11.5. The predicted molar refractivity (Wildman–Crippen MR) is 74.3 cm³/mol. The van der Waals surface area contributed by atoms with E-state index in [0.29, 0.717) is 17.4 Å². The lowest BCUT2D eigenvalue weighted by molar-refractivity contribution is 0.100. The van der Waals surface area contributed by atoms with Crippen LogP contribution in [0.1, 0.15) is 40.9 Å². The largest absolute Gasteiger partial charge is 0.368 e. The van der Waals surface area contributed by atoms with Gasteiger partial charge in [-0.15, -0.1) is 0 Å². The molecule has 0 spiro atoms. The predicted octanol–water partition coefficient (Wildman–Crippen LogP) is 0.833. The number of fused-ring (bicyclic) bond motifs is 1. The summed E-state index contributed by atoms with van der Waals surface area (Å²) in [5.74, 6) is 0.255. The van der Waals surface area contributed by atoms with Crippen LogP contribution in [0.15, 0.2) is 6.07 Å². The van der Waals surface area contributed by atoms with Gasteiger partial charge < -0.3 is 16.4 Å². The molecule has 1 aliphatic carbocycles. The molecule has 1 saturated heterocycles. The zero-order valence-electron chi connectivity index (χ0n) is 11.0. The molecule has 5 nitrogen and oxygen atoms in total. The van der Waals surface area contributed by atoms with Crippen molar-refractivity contribution in [3.63, 3.8) is 0 Å². The molecule has 4 N–H and O–H groups in total. The van der Waals surface area contributed by atoms with Crippen molar-refractivity contribution in [1.29, 1.82) is 0 Å². The second-order valence-electron chi connectivity index (χ2n) is 5.38. The smallest absolute Gasteiger partial charge is 0.252 e. The van der Waals surface area contributed by atoms with Gasteiger partial charge in [0.2, 0.25) is 0 Å². The number of anilines is 1. The van der Waals surface area contributed by atoms with E-state index in [1.54, 1.807) is 0 Å². The van der Waals surface area contributed by atoms with Crippen LogP contribution in [0.2, 0.25) is 0 Å². The summed E-state index contributed by atoms with van der Waals surface area (Å²) in [6, 6.07) is 2.39. The molecule has 1 fully saturated rings. The molecular weight excluding hydrogens is 240 g/mol. The van der Waals surface area contributed by atoms with E-state index in [4.69, 9.17) is 5.73 Å². The van der Waals surface area contributed by atoms with E-state index in [9.17, 15) is 4.79 Å². The first-order valence-electron chi connectivity index (χ1n) is 7.04. The molecule has 0 radical (unpaired) electrons. The summed E-state index contributed by atoms with van der Waals surface area (Å²) in [6.07, 6.45) is 5.52. The maximum Gasteiger partial charge on any atom is 0.252 e. The lowest BCUT2D eigenvalue weighted by Crippen LogP contribution is -2.30. The van der Waals surface area contributed by atoms with Gasteiger partial charge in [-0.2, -0.15) is 0 Å². The first-order chi connectivity index (χ1) is 9.24. The van der Waals surface area contributed by atoms with E-state index in [0.717, 1.165) is 38.0 Å². The number of hydrogen-bond acceptors (Lipinski definition) is 4. The summed E-state index contributed by atoms with van der Waals surface area (Å²) in [4.78, 5) is 16.1. The van der Waals surface area contributed by atoms with Crippen molar-refractivity contribution in [3.05, 3.63) is 22.9 Å². The summed E-state index contributed by atoms with van der Waals surface area (Å²) >= 11 is 0. The highest BCUT2D eigenvalue weighted by Gasteiger charge is 2.20. The monoisotopic (exact) mass is 260 g/mol. The van der Waals surface area contributed by atoms with E-state index in [1.165, 1.54) is 18.4 Å². The number of aromatic nitrogens is 1. The van der Waals surface area contributed by atoms with Crippen LogP contribution in [-0.4, -0.2) is 30.0 Å². The number of amides is 1. The molecule has 3 rings (SSSR count). The number of carbonyl (C=O) groups is 1. The lowest BCUT2D eigenvalue weighted by Gasteiger charge is -2.15. The average molecular weight is 260 g/mol. The summed E-state index contributed by atoms with van der Waals surface area (Å²) in [7, 11) is 0. The second kappa shape index (κ2) is 5.17. The van der Waals surface area contributed by atoms with Gasteiger partial charge in [0.05, 0.1) is 5.56 Å². The Morgan fingerprint density at radius 1 is 1.47 bits per heavy atom. The van der Waals surface area contributed by atoms with Crippen LogP contribution in [0.5, 0.6) is 0 Å². The van der Waals surface area contributed by atoms with E-state index in [1.807, 2.05) is 6.07 Å². The van der Waals surface area contributed by atoms with Crippen molar-refractivity contribution < 1.29 is 4.79 Å². The molecule has 5 heteroatoms. The molecule has 2 heterocycles. The number of rotatable bonds is 4. The Hall–Kier alpha value is -1.62. The molecular formula is C14H20N4O. The minimum absolute atomic E-state index is 0.399. The lowest BCUT2D eigenvalue weighted by atomic mass is 10.1. The summed E-state index contributed by atoms with van der Waals surface area (Å²) in [5.41, 5.74) is 8.28. The molecule has 1 amide bonds. The van der Waals surface area contributed by atoms with Crippen molar-refractivity contribution in [1.82, 2.24) is 10.3 Å². The standard InChI is InChI=1S/C14H20N4O/c15-13(19)11-7-9-3-1-5-12(9)18-14(11)17-8-10-4-2-6-16-10/h7,10,16H,1-6,8H2,(H2,15,19)(H,17,18). The first-order valence-corrected chi connectivity index (χ1v) is 7.04. The molecule has 1 atom stereocenters. The van der Waals surface area contributed by atoms with Crippen LogP contribution in [0.4, 0.5) is 5.82 Å². The molecule has 0 bridgehead atoms. The number of aryl methyl sites for hydroxylation is 2. The van der Waals surface area contributed by atoms with Crippen LogP contribution >= 0.6 is 0 Å². The molecule has 1 aromatic heterocycles. The third-order valence-electron chi connectivity index (χ3n) is 3.99. The van der Waals surface area contributed by atoms with Gasteiger partial charge in [-0.05, 0) is 50.3 Å². The SMILES string of the molecule is NC(=O)c1cc2c(nc1NCC1CCCN1)CCC2. The second-order valence-corrected chi connectivity index (χ2v) is 5.38. The number of primary amides is 1. The number of nitrogens with one attached hydrogen (secondary N) is 2. The quantitative estimate of drug-likeness (QED) is 0.749. The van der Waals surface area contributed by atoms with Gasteiger partial charge in [0.1, 0.15) is 5.82 Å². The van der Waals surface area contributed by atoms with Crippen LogP contribution in [0.25, 0.3) is 0 Å². The number of pyridine rings is 1. The highest BCUT2D eigenvalue weighted by molar-refractivity contribution is 5.97. The van der Waals surface area contributed by atoms with Gasteiger partial charge in [0.15, 0.2) is 0 Å². The molecule has 0 saturated carbocycles. The van der Waals surface area contributed by atoms with E-state index in [2.05, 4.69) is 15.6 Å². The Morgan fingerprint density at radius 3 is 3.11 bits per heavy atom. The van der Waals surface area contributed by atoms with Crippen molar-refractivity contribution in [2.45, 2.75) is 38.1 Å². The van der Waals surface area contributed by atoms with Crippen LogP contribution < -0.4 is 16.4 Å². The zero-order valence-corrected chi connectivity index (χ0v) is 11.0. The molecule has 0 aromatic carbocycles. The van der Waals surface area contributed by atoms with E-state index in [-0.39, 0.29) is 0 Å². The van der Waals surface area contributed by atoms with Gasteiger partial charge in [0.25, 0.3) is 5.91 Å². The Bertz CT molecular complexity index is 494. The van der Waals surface area contributed by atoms with Gasteiger partial charge in [-0.25, -0.2) is 4.98 Å². The van der Waals surface area contributed by atoms with Crippen LogP contribution in [-0.2, 0) is 12.8 Å². The average Bonchev–Trinajstić information content (AvgIpc) is 3.05. The van der Waals surface area contributed by atoms with Gasteiger partial charge >= 0.3 is 0 Å². The fraction of sp³-hybridized carbons (Fsp3) is 0.571. The van der Waals surface area contributed by atoms with Gasteiger partial charge in [-0.1, -0.05) is 0 Å². The van der Waals surface area contributed by atoms with Crippen molar-refractivity contribution in [2.24, 2.45) is 5.73 Å². The van der Waals surface area contributed by atoms with Gasteiger partial charge in [-0.3, -0.25) is 4.79 Å². The number of hydrogen-bond donors (Lipinski definition) is 3. The fourth-order valence-corrected chi connectivity index (χ4v) is 2.95. The molecule has 19 heavy (non-hydrogen) atoms.